The zero-order chi connectivity index (χ0) is 16.4. The molecule has 0 saturated carbocycles. The number of carboxylic acid groups (broad SMARTS) is 1. The second kappa shape index (κ2) is 6.69. The molecular weight excluding hydrogens is 393 g/mol. The molecule has 0 spiro atoms. The first-order valence-corrected chi connectivity index (χ1v) is 7.64. The number of ketones is 1. The number of anilines is 1. The van der Waals surface area contributed by atoms with E-state index in [0.717, 1.165) is 4.47 Å². The zero-order valence-corrected chi connectivity index (χ0v) is 14.2. The fourth-order valence-electron chi connectivity index (χ4n) is 1.99. The van der Waals surface area contributed by atoms with Crippen molar-refractivity contribution in [2.24, 2.45) is 0 Å². The molecule has 0 aliphatic rings. The molecule has 0 unspecified atom stereocenters. The van der Waals surface area contributed by atoms with Gasteiger partial charge in [0.2, 0.25) is 0 Å². The number of carbonyl (C=O) groups is 2. The molecule has 3 N–H and O–H groups in total. The molecule has 0 heterocycles. The van der Waals surface area contributed by atoms with Crippen LogP contribution in [0.5, 0.6) is 0 Å². The third kappa shape index (κ3) is 3.61. The fraction of sp³-hybridized carbons (Fsp3) is 0.0667. The van der Waals surface area contributed by atoms with Gasteiger partial charge >= 0.3 is 5.97 Å². The highest BCUT2D eigenvalue weighted by Crippen LogP contribution is 2.29. The molecule has 0 amide bonds. The van der Waals surface area contributed by atoms with Crippen LogP contribution >= 0.6 is 39.1 Å². The average Bonchev–Trinajstić information content (AvgIpc) is 2.41. The summed E-state index contributed by atoms with van der Waals surface area (Å²) in [6, 6.07) is 7.67. The minimum Gasteiger partial charge on any atom is -0.481 e. The van der Waals surface area contributed by atoms with Gasteiger partial charge in [0.15, 0.2) is 5.78 Å². The normalized spacial score (nSPS) is 10.5. The lowest BCUT2D eigenvalue weighted by atomic mass is 9.97. The number of nitrogen functional groups attached to an aromatic ring is 1. The predicted molar refractivity (Wildman–Crippen MR) is 89.8 cm³/mol. The summed E-state index contributed by atoms with van der Waals surface area (Å²) >= 11 is 15.3. The van der Waals surface area contributed by atoms with Crippen molar-refractivity contribution in [3.63, 3.8) is 0 Å². The lowest BCUT2D eigenvalue weighted by Crippen LogP contribution is -2.11. The fourth-order valence-corrected chi connectivity index (χ4v) is 2.99. The van der Waals surface area contributed by atoms with Crippen LogP contribution < -0.4 is 5.73 Å². The summed E-state index contributed by atoms with van der Waals surface area (Å²) in [6.07, 6.45) is -0.319. The van der Waals surface area contributed by atoms with Crippen LogP contribution in [-0.2, 0) is 11.2 Å². The molecule has 0 bridgehead atoms. The van der Waals surface area contributed by atoms with Crippen molar-refractivity contribution in [3.8, 4) is 0 Å². The predicted octanol–water partition coefficient (Wildman–Crippen LogP) is 4.20. The largest absolute Gasteiger partial charge is 0.481 e. The van der Waals surface area contributed by atoms with Gasteiger partial charge in [-0.3, -0.25) is 9.59 Å². The Morgan fingerprint density at radius 3 is 2.41 bits per heavy atom. The summed E-state index contributed by atoms with van der Waals surface area (Å²) in [6.45, 7) is 0. The Balaban J connectivity index is 2.54. The number of rotatable bonds is 4. The van der Waals surface area contributed by atoms with Crippen LogP contribution in [0, 0.1) is 0 Å². The third-order valence-corrected chi connectivity index (χ3v) is 4.02. The quantitative estimate of drug-likeness (QED) is 0.593. The maximum atomic E-state index is 12.6. The molecule has 0 aliphatic heterocycles. The topological polar surface area (TPSA) is 80.4 Å². The zero-order valence-electron chi connectivity index (χ0n) is 11.1. The van der Waals surface area contributed by atoms with Gasteiger partial charge in [-0.25, -0.2) is 0 Å². The number of halogens is 3. The molecular formula is C15H10BrCl2NO3. The monoisotopic (exact) mass is 401 g/mol. The van der Waals surface area contributed by atoms with Crippen molar-refractivity contribution >= 4 is 56.6 Å². The Kier molecular flexibility index (Phi) is 5.11. The molecule has 0 aromatic heterocycles. The molecule has 0 aliphatic carbocycles. The van der Waals surface area contributed by atoms with E-state index in [9.17, 15) is 9.59 Å². The summed E-state index contributed by atoms with van der Waals surface area (Å²) in [7, 11) is 0. The van der Waals surface area contributed by atoms with E-state index in [1.54, 1.807) is 18.2 Å². The van der Waals surface area contributed by atoms with Gasteiger partial charge in [-0.2, -0.15) is 0 Å². The van der Waals surface area contributed by atoms with Crippen molar-refractivity contribution in [2.75, 3.05) is 5.73 Å². The van der Waals surface area contributed by atoms with Crippen molar-refractivity contribution in [1.29, 1.82) is 0 Å². The van der Waals surface area contributed by atoms with Gasteiger partial charge in [0.1, 0.15) is 0 Å². The molecule has 22 heavy (non-hydrogen) atoms. The number of carboxylic acids is 1. The Hall–Kier alpha value is -1.56. The first-order chi connectivity index (χ1) is 10.3. The molecule has 0 radical (unpaired) electrons. The lowest BCUT2D eigenvalue weighted by Gasteiger charge is -2.11. The molecule has 114 valence electrons. The van der Waals surface area contributed by atoms with Crippen LogP contribution in [0.4, 0.5) is 5.69 Å². The molecule has 0 atom stereocenters. The smallest absolute Gasteiger partial charge is 0.307 e. The Morgan fingerprint density at radius 2 is 1.82 bits per heavy atom. The number of benzene rings is 2. The summed E-state index contributed by atoms with van der Waals surface area (Å²) in [4.78, 5) is 23.5. The van der Waals surface area contributed by atoms with E-state index in [0.29, 0.717) is 0 Å². The summed E-state index contributed by atoms with van der Waals surface area (Å²) < 4.78 is 0.736. The van der Waals surface area contributed by atoms with Crippen LogP contribution in [0.2, 0.25) is 10.0 Å². The number of hydrogen-bond acceptors (Lipinski definition) is 3. The Labute approximate surface area is 145 Å². The van der Waals surface area contributed by atoms with Crippen LogP contribution in [-0.4, -0.2) is 16.9 Å². The Morgan fingerprint density at radius 1 is 1.14 bits per heavy atom. The lowest BCUT2D eigenvalue weighted by molar-refractivity contribution is -0.136. The average molecular weight is 403 g/mol. The highest BCUT2D eigenvalue weighted by molar-refractivity contribution is 9.10. The number of carbonyl (C=O) groups excluding carboxylic acids is 1. The van der Waals surface area contributed by atoms with E-state index in [4.69, 9.17) is 34.0 Å². The van der Waals surface area contributed by atoms with E-state index in [1.165, 1.54) is 12.1 Å². The highest BCUT2D eigenvalue weighted by atomic mass is 79.9. The molecule has 0 fully saturated rings. The van der Waals surface area contributed by atoms with Gasteiger partial charge in [-0.1, -0.05) is 39.1 Å². The first-order valence-electron chi connectivity index (χ1n) is 6.09. The number of hydrogen-bond donors (Lipinski definition) is 2. The van der Waals surface area contributed by atoms with E-state index < -0.39 is 11.8 Å². The summed E-state index contributed by atoms with van der Waals surface area (Å²) in [5, 5.41) is 9.39. The molecule has 2 aromatic rings. The van der Waals surface area contributed by atoms with E-state index in [2.05, 4.69) is 15.9 Å². The minimum absolute atomic E-state index is 0.0933. The Bertz CT molecular complexity index is 778. The van der Waals surface area contributed by atoms with Crippen LogP contribution in [0.3, 0.4) is 0 Å². The van der Waals surface area contributed by atoms with Gasteiger partial charge in [-0.15, -0.1) is 0 Å². The van der Waals surface area contributed by atoms with Crippen LogP contribution in [0.1, 0.15) is 21.5 Å². The standard InChI is InChI=1S/C15H10BrCl2NO3/c16-8-1-2-10(12(18)5-8)15(22)11-6-9(17)3-7(14(11)19)4-13(20)21/h1-3,5-6H,4,19H2,(H,20,21). The molecule has 4 nitrogen and oxygen atoms in total. The van der Waals surface area contributed by atoms with Crippen LogP contribution in [0.15, 0.2) is 34.8 Å². The van der Waals surface area contributed by atoms with Gasteiger partial charge in [0.25, 0.3) is 0 Å². The first kappa shape index (κ1) is 16.8. The van der Waals surface area contributed by atoms with Crippen molar-refractivity contribution in [2.45, 2.75) is 6.42 Å². The van der Waals surface area contributed by atoms with E-state index in [-0.39, 0.29) is 38.8 Å². The molecule has 2 rings (SSSR count). The maximum Gasteiger partial charge on any atom is 0.307 e. The van der Waals surface area contributed by atoms with Gasteiger partial charge in [-0.05, 0) is 35.9 Å². The number of nitrogens with two attached hydrogens (primary N) is 1. The molecule has 2 aromatic carbocycles. The van der Waals surface area contributed by atoms with Gasteiger partial charge in [0, 0.05) is 26.3 Å². The van der Waals surface area contributed by atoms with Gasteiger partial charge < -0.3 is 10.8 Å². The molecule has 0 saturated heterocycles. The van der Waals surface area contributed by atoms with Crippen molar-refractivity contribution in [1.82, 2.24) is 0 Å². The van der Waals surface area contributed by atoms with Crippen molar-refractivity contribution < 1.29 is 14.7 Å². The highest BCUT2D eigenvalue weighted by Gasteiger charge is 2.19. The maximum absolute atomic E-state index is 12.6. The number of aliphatic carboxylic acids is 1. The molecule has 7 heteroatoms. The van der Waals surface area contributed by atoms with E-state index in [1.807, 2.05) is 0 Å². The SMILES string of the molecule is Nc1c(CC(=O)O)cc(Cl)cc1C(=O)c1ccc(Br)cc1Cl. The minimum atomic E-state index is -1.06. The second-order valence-corrected chi connectivity index (χ2v) is 6.31. The summed E-state index contributed by atoms with van der Waals surface area (Å²) in [5.74, 6) is -1.47. The van der Waals surface area contributed by atoms with E-state index >= 15 is 0 Å². The second-order valence-electron chi connectivity index (χ2n) is 4.55. The van der Waals surface area contributed by atoms with Gasteiger partial charge in [0.05, 0.1) is 11.4 Å². The third-order valence-electron chi connectivity index (χ3n) is 2.99. The van der Waals surface area contributed by atoms with Crippen LogP contribution in [0.25, 0.3) is 0 Å². The van der Waals surface area contributed by atoms with Crippen molar-refractivity contribution in [3.05, 3.63) is 61.5 Å². The summed E-state index contributed by atoms with van der Waals surface area (Å²) in [5.41, 5.74) is 6.70.